The fraction of sp³-hybridized carbons (Fsp3) is 0.846. The van der Waals surface area contributed by atoms with Gasteiger partial charge in [-0.05, 0) is 13.3 Å². The number of hydrogen-bond donors (Lipinski definition) is 1. The third-order valence-corrected chi connectivity index (χ3v) is 4.62. The Morgan fingerprint density at radius 1 is 1.56 bits per heavy atom. The molecule has 3 atom stereocenters. The molecule has 1 aliphatic heterocycles. The molecule has 0 aromatic carbocycles. The van der Waals surface area contributed by atoms with E-state index < -0.39 is 0 Å². The number of fused-ring (bicyclic) bond motifs is 1. The Bertz CT molecular complexity index is 428. The first-order chi connectivity index (χ1) is 8.64. The normalized spacial score (nSPS) is 33.2. The third kappa shape index (κ3) is 1.68. The van der Waals surface area contributed by atoms with Gasteiger partial charge in [-0.2, -0.15) is 0 Å². The minimum Gasteiger partial charge on any atom is -0.377 e. The smallest absolute Gasteiger partial charge is 0.146 e. The summed E-state index contributed by atoms with van der Waals surface area (Å²) in [5.74, 6) is 1.70. The van der Waals surface area contributed by atoms with Crippen molar-refractivity contribution < 1.29 is 4.74 Å². The molecule has 2 aliphatic rings. The molecule has 1 saturated carbocycles. The highest BCUT2D eigenvalue weighted by molar-refractivity contribution is 5.11. The quantitative estimate of drug-likeness (QED) is 0.872. The second-order valence-corrected chi connectivity index (χ2v) is 5.96. The molecule has 5 heteroatoms. The van der Waals surface area contributed by atoms with Gasteiger partial charge in [0.05, 0.1) is 12.6 Å². The Balaban J connectivity index is 1.64. The summed E-state index contributed by atoms with van der Waals surface area (Å²) in [7, 11) is 0. The molecular formula is C13H22N4O. The van der Waals surface area contributed by atoms with Crippen molar-refractivity contribution >= 4 is 0 Å². The second-order valence-electron chi connectivity index (χ2n) is 5.96. The van der Waals surface area contributed by atoms with Gasteiger partial charge in [0.15, 0.2) is 0 Å². The third-order valence-electron chi connectivity index (χ3n) is 4.62. The highest BCUT2D eigenvalue weighted by atomic mass is 16.5. The van der Waals surface area contributed by atoms with Gasteiger partial charge in [-0.1, -0.05) is 13.8 Å². The Labute approximate surface area is 108 Å². The van der Waals surface area contributed by atoms with E-state index in [4.69, 9.17) is 4.74 Å². The number of aromatic nitrogens is 3. The first-order valence-corrected chi connectivity index (χ1v) is 6.86. The average Bonchev–Trinajstić information content (AvgIpc) is 2.96. The van der Waals surface area contributed by atoms with E-state index in [-0.39, 0.29) is 5.41 Å². The van der Waals surface area contributed by atoms with Crippen molar-refractivity contribution in [1.29, 1.82) is 0 Å². The predicted octanol–water partition coefficient (Wildman–Crippen LogP) is 1.20. The van der Waals surface area contributed by atoms with Crippen molar-refractivity contribution in [3.8, 4) is 0 Å². The zero-order chi connectivity index (χ0) is 12.8. The molecule has 1 N–H and O–H groups in total. The van der Waals surface area contributed by atoms with E-state index in [0.717, 1.165) is 25.5 Å². The maximum atomic E-state index is 5.81. The number of ether oxygens (including phenoxy) is 1. The summed E-state index contributed by atoms with van der Waals surface area (Å²) in [4.78, 5) is 0. The summed E-state index contributed by atoms with van der Waals surface area (Å²) < 4.78 is 7.89. The van der Waals surface area contributed by atoms with Crippen molar-refractivity contribution in [3.63, 3.8) is 0 Å². The SMILES string of the molecule is CCn1cnnc1CNC1C2CCOC2C1(C)C. The molecule has 100 valence electrons. The van der Waals surface area contributed by atoms with Crippen LogP contribution in [0.2, 0.25) is 0 Å². The number of hydrogen-bond acceptors (Lipinski definition) is 4. The number of rotatable bonds is 4. The Kier molecular flexibility index (Phi) is 2.90. The topological polar surface area (TPSA) is 52.0 Å². The van der Waals surface area contributed by atoms with E-state index in [9.17, 15) is 0 Å². The van der Waals surface area contributed by atoms with Crippen molar-refractivity contribution in [2.45, 2.75) is 52.4 Å². The number of aryl methyl sites for hydroxylation is 1. The van der Waals surface area contributed by atoms with Gasteiger partial charge >= 0.3 is 0 Å². The molecule has 1 aliphatic carbocycles. The van der Waals surface area contributed by atoms with Gasteiger partial charge in [-0.15, -0.1) is 10.2 Å². The van der Waals surface area contributed by atoms with Gasteiger partial charge < -0.3 is 14.6 Å². The van der Waals surface area contributed by atoms with Crippen molar-refractivity contribution in [3.05, 3.63) is 12.2 Å². The molecule has 18 heavy (non-hydrogen) atoms. The maximum Gasteiger partial charge on any atom is 0.146 e. The van der Waals surface area contributed by atoms with E-state index in [1.807, 2.05) is 0 Å². The summed E-state index contributed by atoms with van der Waals surface area (Å²) in [5, 5.41) is 11.8. The van der Waals surface area contributed by atoms with Gasteiger partial charge in [0, 0.05) is 30.5 Å². The van der Waals surface area contributed by atoms with Crippen LogP contribution < -0.4 is 5.32 Å². The average molecular weight is 250 g/mol. The van der Waals surface area contributed by atoms with Crippen LogP contribution in [0.15, 0.2) is 6.33 Å². The van der Waals surface area contributed by atoms with E-state index >= 15 is 0 Å². The minimum absolute atomic E-state index is 0.234. The maximum absolute atomic E-state index is 5.81. The highest BCUT2D eigenvalue weighted by Gasteiger charge is 2.58. The molecule has 1 saturated heterocycles. The minimum atomic E-state index is 0.234. The zero-order valence-corrected chi connectivity index (χ0v) is 11.4. The Morgan fingerprint density at radius 2 is 2.39 bits per heavy atom. The van der Waals surface area contributed by atoms with Gasteiger partial charge in [0.2, 0.25) is 0 Å². The van der Waals surface area contributed by atoms with Crippen LogP contribution >= 0.6 is 0 Å². The summed E-state index contributed by atoms with van der Waals surface area (Å²) in [6.45, 7) is 9.34. The van der Waals surface area contributed by atoms with Crippen LogP contribution in [0.5, 0.6) is 0 Å². The summed E-state index contributed by atoms with van der Waals surface area (Å²) in [6.07, 6.45) is 3.43. The molecule has 3 rings (SSSR count). The Hall–Kier alpha value is -0.940. The van der Waals surface area contributed by atoms with Crippen LogP contribution in [0.1, 0.15) is 33.0 Å². The molecule has 0 spiro atoms. The lowest BCUT2D eigenvalue weighted by atomic mass is 9.57. The van der Waals surface area contributed by atoms with Gasteiger partial charge in [-0.25, -0.2) is 0 Å². The van der Waals surface area contributed by atoms with Gasteiger partial charge in [0.1, 0.15) is 12.2 Å². The largest absolute Gasteiger partial charge is 0.377 e. The lowest BCUT2D eigenvalue weighted by molar-refractivity contribution is -0.113. The molecule has 5 nitrogen and oxygen atoms in total. The molecular weight excluding hydrogens is 228 g/mol. The first-order valence-electron chi connectivity index (χ1n) is 6.86. The van der Waals surface area contributed by atoms with Crippen LogP contribution in [0, 0.1) is 11.3 Å². The van der Waals surface area contributed by atoms with Gasteiger partial charge in [0.25, 0.3) is 0 Å². The second kappa shape index (κ2) is 4.31. The number of nitrogens with zero attached hydrogens (tertiary/aromatic N) is 3. The highest BCUT2D eigenvalue weighted by Crippen LogP contribution is 2.52. The van der Waals surface area contributed by atoms with Crippen LogP contribution in [0.3, 0.4) is 0 Å². The Morgan fingerprint density at radius 3 is 3.17 bits per heavy atom. The molecule has 1 aromatic heterocycles. The van der Waals surface area contributed by atoms with Crippen LogP contribution in [-0.2, 0) is 17.8 Å². The summed E-state index contributed by atoms with van der Waals surface area (Å²) in [5.41, 5.74) is 0.234. The fourth-order valence-electron chi connectivity index (χ4n) is 3.62. The fourth-order valence-corrected chi connectivity index (χ4v) is 3.62. The predicted molar refractivity (Wildman–Crippen MR) is 68.0 cm³/mol. The van der Waals surface area contributed by atoms with Crippen molar-refractivity contribution in [2.75, 3.05) is 6.61 Å². The molecule has 0 radical (unpaired) electrons. The van der Waals surface area contributed by atoms with Crippen LogP contribution in [-0.4, -0.2) is 33.5 Å². The monoisotopic (exact) mass is 250 g/mol. The molecule has 0 bridgehead atoms. The van der Waals surface area contributed by atoms with Crippen molar-refractivity contribution in [2.24, 2.45) is 11.3 Å². The van der Waals surface area contributed by atoms with Crippen molar-refractivity contribution in [1.82, 2.24) is 20.1 Å². The van der Waals surface area contributed by atoms with E-state index in [0.29, 0.717) is 18.1 Å². The van der Waals surface area contributed by atoms with Crippen LogP contribution in [0.25, 0.3) is 0 Å². The van der Waals surface area contributed by atoms with E-state index in [1.165, 1.54) is 6.42 Å². The van der Waals surface area contributed by atoms with E-state index in [1.54, 1.807) is 6.33 Å². The number of nitrogens with one attached hydrogen (secondary N) is 1. The lowest BCUT2D eigenvalue weighted by Gasteiger charge is -2.54. The molecule has 2 heterocycles. The molecule has 2 fully saturated rings. The molecule has 1 aromatic rings. The molecule has 3 unspecified atom stereocenters. The zero-order valence-electron chi connectivity index (χ0n) is 11.4. The van der Waals surface area contributed by atoms with E-state index in [2.05, 4.69) is 40.9 Å². The summed E-state index contributed by atoms with van der Waals surface area (Å²) in [6, 6.07) is 0.534. The molecule has 0 amide bonds. The standard InChI is InChI=1S/C13H22N4O/c1-4-17-8-15-16-10(17)7-14-11-9-5-6-18-12(9)13(11,2)3/h8-9,11-12,14H,4-7H2,1-3H3. The van der Waals surface area contributed by atoms with Gasteiger partial charge in [-0.3, -0.25) is 0 Å². The summed E-state index contributed by atoms with van der Waals surface area (Å²) >= 11 is 0. The lowest BCUT2D eigenvalue weighted by Crippen LogP contribution is -2.65. The first kappa shape index (κ1) is 12.1. The van der Waals surface area contributed by atoms with Crippen LogP contribution in [0.4, 0.5) is 0 Å².